The maximum atomic E-state index is 13.6. The number of hydrogen-bond acceptors (Lipinski definition) is 4. The second-order valence-corrected chi connectivity index (χ2v) is 4.50. The molecular weight excluding hydrogens is 285 g/mol. The SMILES string of the molecule is NCCOc1cnn(Cc2ccc(Cl)cc2F)c(=O)c1. The summed E-state index contributed by atoms with van der Waals surface area (Å²) in [6, 6.07) is 5.56. The van der Waals surface area contributed by atoms with Gasteiger partial charge in [-0.1, -0.05) is 17.7 Å². The summed E-state index contributed by atoms with van der Waals surface area (Å²) in [4.78, 5) is 11.8. The quantitative estimate of drug-likeness (QED) is 0.906. The van der Waals surface area contributed by atoms with Crippen molar-refractivity contribution in [3.05, 3.63) is 57.2 Å². The molecule has 20 heavy (non-hydrogen) atoms. The zero-order valence-corrected chi connectivity index (χ0v) is 11.3. The lowest BCUT2D eigenvalue weighted by molar-refractivity contribution is 0.324. The van der Waals surface area contributed by atoms with Crippen molar-refractivity contribution in [2.45, 2.75) is 6.54 Å². The lowest BCUT2D eigenvalue weighted by atomic mass is 10.2. The van der Waals surface area contributed by atoms with Crippen molar-refractivity contribution in [1.82, 2.24) is 9.78 Å². The van der Waals surface area contributed by atoms with E-state index in [0.29, 0.717) is 29.5 Å². The number of ether oxygens (including phenoxy) is 1. The molecule has 1 aromatic heterocycles. The van der Waals surface area contributed by atoms with Crippen molar-refractivity contribution in [3.8, 4) is 5.75 Å². The van der Waals surface area contributed by atoms with Gasteiger partial charge in [-0.3, -0.25) is 4.79 Å². The minimum Gasteiger partial charge on any atom is -0.490 e. The van der Waals surface area contributed by atoms with E-state index in [0.717, 1.165) is 4.68 Å². The molecule has 1 aromatic carbocycles. The molecule has 0 unspecified atom stereocenters. The molecule has 0 aliphatic rings. The molecule has 0 fully saturated rings. The van der Waals surface area contributed by atoms with E-state index in [4.69, 9.17) is 22.1 Å². The fraction of sp³-hybridized carbons (Fsp3) is 0.231. The first-order valence-electron chi connectivity index (χ1n) is 5.94. The first kappa shape index (κ1) is 14.5. The minimum absolute atomic E-state index is 0.0268. The van der Waals surface area contributed by atoms with Crippen LogP contribution in [0.25, 0.3) is 0 Å². The zero-order valence-electron chi connectivity index (χ0n) is 10.6. The molecule has 2 aromatic rings. The molecule has 0 aliphatic heterocycles. The third-order valence-corrected chi connectivity index (χ3v) is 2.80. The Morgan fingerprint density at radius 3 is 2.85 bits per heavy atom. The molecule has 0 radical (unpaired) electrons. The predicted molar refractivity (Wildman–Crippen MR) is 73.6 cm³/mol. The molecular formula is C13H13ClFN3O2. The second-order valence-electron chi connectivity index (χ2n) is 4.06. The second kappa shape index (κ2) is 6.49. The van der Waals surface area contributed by atoms with Crippen LogP contribution in [0.15, 0.2) is 35.3 Å². The minimum atomic E-state index is -0.477. The number of nitrogens with zero attached hydrogens (tertiary/aromatic N) is 2. The van der Waals surface area contributed by atoms with Crippen molar-refractivity contribution in [2.24, 2.45) is 5.73 Å². The summed E-state index contributed by atoms with van der Waals surface area (Å²) < 4.78 is 20.0. The Kier molecular flexibility index (Phi) is 4.70. The first-order chi connectivity index (χ1) is 9.60. The summed E-state index contributed by atoms with van der Waals surface area (Å²) in [5.74, 6) is -0.136. The topological polar surface area (TPSA) is 70.1 Å². The van der Waals surface area contributed by atoms with Gasteiger partial charge in [-0.25, -0.2) is 9.07 Å². The molecule has 2 N–H and O–H groups in total. The highest BCUT2D eigenvalue weighted by atomic mass is 35.5. The van der Waals surface area contributed by atoms with Crippen LogP contribution in [0.3, 0.4) is 0 Å². The Morgan fingerprint density at radius 2 is 2.20 bits per heavy atom. The molecule has 0 saturated carbocycles. The van der Waals surface area contributed by atoms with E-state index >= 15 is 0 Å². The van der Waals surface area contributed by atoms with Crippen LogP contribution in [0.4, 0.5) is 4.39 Å². The monoisotopic (exact) mass is 297 g/mol. The van der Waals surface area contributed by atoms with Gasteiger partial charge in [-0.2, -0.15) is 5.10 Å². The molecule has 1 heterocycles. The smallest absolute Gasteiger partial charge is 0.270 e. The van der Waals surface area contributed by atoms with E-state index in [1.807, 2.05) is 0 Å². The van der Waals surface area contributed by atoms with Crippen LogP contribution in [-0.4, -0.2) is 22.9 Å². The fourth-order valence-corrected chi connectivity index (χ4v) is 1.76. The summed E-state index contributed by atoms with van der Waals surface area (Å²) in [7, 11) is 0. The van der Waals surface area contributed by atoms with Gasteiger partial charge in [0.15, 0.2) is 0 Å². The normalized spacial score (nSPS) is 10.6. The van der Waals surface area contributed by atoms with Crippen LogP contribution < -0.4 is 16.0 Å². The number of halogens is 2. The highest BCUT2D eigenvalue weighted by molar-refractivity contribution is 6.30. The number of benzene rings is 1. The van der Waals surface area contributed by atoms with Gasteiger partial charge in [0, 0.05) is 23.2 Å². The van der Waals surface area contributed by atoms with Crippen LogP contribution in [0.5, 0.6) is 5.75 Å². The molecule has 0 spiro atoms. The summed E-state index contributed by atoms with van der Waals surface area (Å²) in [5, 5.41) is 4.23. The fourth-order valence-electron chi connectivity index (χ4n) is 1.60. The van der Waals surface area contributed by atoms with Gasteiger partial charge < -0.3 is 10.5 Å². The molecule has 7 heteroatoms. The van der Waals surface area contributed by atoms with Crippen LogP contribution >= 0.6 is 11.6 Å². The molecule has 2 rings (SSSR count). The highest BCUT2D eigenvalue weighted by Crippen LogP contribution is 2.15. The highest BCUT2D eigenvalue weighted by Gasteiger charge is 2.07. The van der Waals surface area contributed by atoms with E-state index in [2.05, 4.69) is 5.10 Å². The number of aromatic nitrogens is 2. The number of rotatable bonds is 5. The third kappa shape index (κ3) is 3.55. The van der Waals surface area contributed by atoms with Crippen molar-refractivity contribution < 1.29 is 9.13 Å². The van der Waals surface area contributed by atoms with Crippen LogP contribution in [0.1, 0.15) is 5.56 Å². The van der Waals surface area contributed by atoms with E-state index in [9.17, 15) is 9.18 Å². The van der Waals surface area contributed by atoms with Crippen molar-refractivity contribution in [2.75, 3.05) is 13.2 Å². The zero-order chi connectivity index (χ0) is 14.5. The van der Waals surface area contributed by atoms with E-state index in [1.54, 1.807) is 6.07 Å². The number of hydrogen-bond donors (Lipinski definition) is 1. The third-order valence-electron chi connectivity index (χ3n) is 2.57. The largest absolute Gasteiger partial charge is 0.490 e. The van der Waals surface area contributed by atoms with Crippen LogP contribution in [0, 0.1) is 5.82 Å². The summed E-state index contributed by atoms with van der Waals surface area (Å²) in [5.41, 5.74) is 5.25. The van der Waals surface area contributed by atoms with E-state index < -0.39 is 5.82 Å². The molecule has 5 nitrogen and oxygen atoms in total. The average molecular weight is 298 g/mol. The van der Waals surface area contributed by atoms with Crippen LogP contribution in [0.2, 0.25) is 5.02 Å². The molecule has 0 bridgehead atoms. The van der Waals surface area contributed by atoms with Gasteiger partial charge in [0.1, 0.15) is 18.2 Å². The molecule has 0 aliphatic carbocycles. The van der Waals surface area contributed by atoms with Crippen molar-refractivity contribution >= 4 is 11.6 Å². The maximum Gasteiger partial charge on any atom is 0.270 e. The summed E-state index contributed by atoms with van der Waals surface area (Å²) in [6.45, 7) is 0.676. The Bertz CT molecular complexity index is 660. The van der Waals surface area contributed by atoms with Gasteiger partial charge in [0.2, 0.25) is 0 Å². The van der Waals surface area contributed by atoms with Gasteiger partial charge in [-0.15, -0.1) is 0 Å². The summed E-state index contributed by atoms with van der Waals surface area (Å²) >= 11 is 5.67. The van der Waals surface area contributed by atoms with Crippen LogP contribution in [-0.2, 0) is 6.54 Å². The lowest BCUT2D eigenvalue weighted by Crippen LogP contribution is -2.23. The standard InChI is InChI=1S/C13H13ClFN3O2/c14-10-2-1-9(12(15)5-10)8-18-13(19)6-11(7-17-18)20-4-3-16/h1-2,5-7H,3-4,8,16H2. The first-order valence-corrected chi connectivity index (χ1v) is 6.32. The maximum absolute atomic E-state index is 13.6. The predicted octanol–water partition coefficient (Wildman–Crippen LogP) is 1.42. The lowest BCUT2D eigenvalue weighted by Gasteiger charge is -2.08. The van der Waals surface area contributed by atoms with E-state index in [1.165, 1.54) is 24.4 Å². The van der Waals surface area contributed by atoms with Crippen molar-refractivity contribution in [3.63, 3.8) is 0 Å². The molecule has 0 saturated heterocycles. The van der Waals surface area contributed by atoms with E-state index in [-0.39, 0.29) is 12.1 Å². The Balaban J connectivity index is 2.19. The van der Waals surface area contributed by atoms with Gasteiger partial charge in [0.05, 0.1) is 12.7 Å². The molecule has 106 valence electrons. The van der Waals surface area contributed by atoms with Crippen molar-refractivity contribution in [1.29, 1.82) is 0 Å². The van der Waals surface area contributed by atoms with Gasteiger partial charge >= 0.3 is 0 Å². The summed E-state index contributed by atoms with van der Waals surface area (Å²) in [6.07, 6.45) is 1.39. The number of nitrogens with two attached hydrogens (primary N) is 1. The molecule has 0 atom stereocenters. The molecule has 0 amide bonds. The Labute approximate surface area is 119 Å². The van der Waals surface area contributed by atoms with Gasteiger partial charge in [0.25, 0.3) is 5.56 Å². The van der Waals surface area contributed by atoms with Gasteiger partial charge in [-0.05, 0) is 12.1 Å². The Morgan fingerprint density at radius 1 is 1.40 bits per heavy atom. The average Bonchev–Trinajstić information content (AvgIpc) is 2.42. The Hall–Kier alpha value is -1.92.